The van der Waals surface area contributed by atoms with Crippen LogP contribution in [-0.4, -0.2) is 66.2 Å². The highest BCUT2D eigenvalue weighted by Gasteiger charge is 2.27. The first-order chi connectivity index (χ1) is 7.19. The molecule has 1 heterocycles. The molecule has 1 fully saturated rings. The van der Waals surface area contributed by atoms with Crippen LogP contribution in [0.15, 0.2) is 0 Å². The first-order valence-corrected chi connectivity index (χ1v) is 5.58. The van der Waals surface area contributed by atoms with Gasteiger partial charge in [0.25, 0.3) is 0 Å². The van der Waals surface area contributed by atoms with Crippen molar-refractivity contribution in [3.63, 3.8) is 0 Å². The molecule has 0 radical (unpaired) electrons. The summed E-state index contributed by atoms with van der Waals surface area (Å²) in [5.74, 6) is -0.745. The third kappa shape index (κ3) is 3.44. The molecule has 1 aliphatic heterocycles. The van der Waals surface area contributed by atoms with Crippen LogP contribution in [0.1, 0.15) is 13.3 Å². The van der Waals surface area contributed by atoms with E-state index in [1.165, 1.54) is 0 Å². The second-order valence-electron chi connectivity index (χ2n) is 3.90. The van der Waals surface area contributed by atoms with Crippen molar-refractivity contribution in [3.05, 3.63) is 0 Å². The summed E-state index contributed by atoms with van der Waals surface area (Å²) in [7, 11) is 0. The van der Waals surface area contributed by atoms with Crippen LogP contribution < -0.4 is 5.73 Å². The van der Waals surface area contributed by atoms with E-state index in [1.54, 1.807) is 0 Å². The molecule has 0 aromatic heterocycles. The SMILES string of the molecule is CCN1CCN(C(CCN)C(=O)O)CC1. The van der Waals surface area contributed by atoms with E-state index in [4.69, 9.17) is 10.8 Å². The van der Waals surface area contributed by atoms with E-state index >= 15 is 0 Å². The number of likely N-dealkylation sites (N-methyl/N-ethyl adjacent to an activating group) is 1. The molecule has 0 amide bonds. The van der Waals surface area contributed by atoms with Gasteiger partial charge in [-0.1, -0.05) is 6.92 Å². The predicted molar refractivity (Wildman–Crippen MR) is 58.8 cm³/mol. The van der Waals surface area contributed by atoms with Gasteiger partial charge >= 0.3 is 5.97 Å². The number of carboxylic acid groups (broad SMARTS) is 1. The van der Waals surface area contributed by atoms with Crippen molar-refractivity contribution < 1.29 is 9.90 Å². The molecule has 0 aromatic carbocycles. The van der Waals surface area contributed by atoms with Crippen LogP contribution in [0.4, 0.5) is 0 Å². The molecule has 1 atom stereocenters. The van der Waals surface area contributed by atoms with Gasteiger partial charge in [-0.15, -0.1) is 0 Å². The second-order valence-corrected chi connectivity index (χ2v) is 3.90. The minimum atomic E-state index is -0.745. The molecule has 5 nitrogen and oxygen atoms in total. The Morgan fingerprint density at radius 2 is 2.00 bits per heavy atom. The van der Waals surface area contributed by atoms with Crippen molar-refractivity contribution in [1.29, 1.82) is 0 Å². The molecule has 5 heteroatoms. The Hall–Kier alpha value is -0.650. The lowest BCUT2D eigenvalue weighted by Gasteiger charge is -2.37. The van der Waals surface area contributed by atoms with Gasteiger partial charge in [0.05, 0.1) is 0 Å². The molecular formula is C10H21N3O2. The van der Waals surface area contributed by atoms with E-state index in [1.807, 2.05) is 4.90 Å². The average Bonchev–Trinajstić information content (AvgIpc) is 2.26. The molecule has 0 bridgehead atoms. The van der Waals surface area contributed by atoms with Crippen LogP contribution in [0, 0.1) is 0 Å². The highest BCUT2D eigenvalue weighted by molar-refractivity contribution is 5.73. The maximum atomic E-state index is 11.0. The zero-order chi connectivity index (χ0) is 11.3. The van der Waals surface area contributed by atoms with E-state index in [0.29, 0.717) is 13.0 Å². The Labute approximate surface area is 90.8 Å². The smallest absolute Gasteiger partial charge is 0.320 e. The molecular weight excluding hydrogens is 194 g/mol. The monoisotopic (exact) mass is 215 g/mol. The van der Waals surface area contributed by atoms with Crippen LogP contribution in [0.3, 0.4) is 0 Å². The highest BCUT2D eigenvalue weighted by atomic mass is 16.4. The van der Waals surface area contributed by atoms with E-state index in [9.17, 15) is 4.79 Å². The lowest BCUT2D eigenvalue weighted by Crippen LogP contribution is -2.53. The Balaban J connectivity index is 2.45. The summed E-state index contributed by atoms with van der Waals surface area (Å²) in [6.07, 6.45) is 0.543. The summed E-state index contributed by atoms with van der Waals surface area (Å²) in [5, 5.41) is 9.07. The van der Waals surface area contributed by atoms with Gasteiger partial charge < -0.3 is 15.7 Å². The van der Waals surface area contributed by atoms with Crippen molar-refractivity contribution in [2.75, 3.05) is 39.3 Å². The third-order valence-electron chi connectivity index (χ3n) is 3.02. The van der Waals surface area contributed by atoms with Crippen molar-refractivity contribution in [2.24, 2.45) is 5.73 Å². The number of carbonyl (C=O) groups is 1. The molecule has 1 aliphatic rings. The molecule has 88 valence electrons. The fourth-order valence-corrected chi connectivity index (χ4v) is 2.01. The molecule has 15 heavy (non-hydrogen) atoms. The number of hydrogen-bond acceptors (Lipinski definition) is 4. The summed E-state index contributed by atoms with van der Waals surface area (Å²) >= 11 is 0. The molecule has 0 saturated carbocycles. The highest BCUT2D eigenvalue weighted by Crippen LogP contribution is 2.09. The molecule has 1 saturated heterocycles. The number of carboxylic acids is 1. The van der Waals surface area contributed by atoms with Gasteiger partial charge in [-0.2, -0.15) is 0 Å². The largest absolute Gasteiger partial charge is 0.480 e. The normalized spacial score (nSPS) is 21.5. The minimum Gasteiger partial charge on any atom is -0.480 e. The van der Waals surface area contributed by atoms with Gasteiger partial charge in [0.15, 0.2) is 0 Å². The third-order valence-corrected chi connectivity index (χ3v) is 3.02. The van der Waals surface area contributed by atoms with Gasteiger partial charge in [-0.05, 0) is 19.5 Å². The maximum absolute atomic E-state index is 11.0. The topological polar surface area (TPSA) is 69.8 Å². The minimum absolute atomic E-state index is 0.394. The number of rotatable bonds is 5. The maximum Gasteiger partial charge on any atom is 0.320 e. The lowest BCUT2D eigenvalue weighted by molar-refractivity contribution is -0.144. The first-order valence-electron chi connectivity index (χ1n) is 5.58. The molecule has 1 rings (SSSR count). The van der Waals surface area contributed by atoms with Gasteiger partial charge in [-0.25, -0.2) is 0 Å². The zero-order valence-corrected chi connectivity index (χ0v) is 9.35. The Kier molecular flexibility index (Phi) is 5.01. The zero-order valence-electron chi connectivity index (χ0n) is 9.35. The number of aliphatic carboxylic acids is 1. The number of hydrogen-bond donors (Lipinski definition) is 2. The van der Waals surface area contributed by atoms with Crippen LogP contribution in [0.25, 0.3) is 0 Å². The molecule has 0 aliphatic carbocycles. The van der Waals surface area contributed by atoms with Gasteiger partial charge in [0.1, 0.15) is 6.04 Å². The fourth-order valence-electron chi connectivity index (χ4n) is 2.01. The Morgan fingerprint density at radius 1 is 1.40 bits per heavy atom. The molecule has 0 spiro atoms. The van der Waals surface area contributed by atoms with Gasteiger partial charge in [0, 0.05) is 26.2 Å². The summed E-state index contributed by atoms with van der Waals surface area (Å²) in [6.45, 7) is 7.21. The standard InChI is InChI=1S/C10H21N3O2/c1-2-12-5-7-13(8-6-12)9(3-4-11)10(14)15/h9H,2-8,11H2,1H3,(H,14,15). The fraction of sp³-hybridized carbons (Fsp3) is 0.900. The van der Waals surface area contributed by atoms with Crippen molar-refractivity contribution in [1.82, 2.24) is 9.80 Å². The van der Waals surface area contributed by atoms with Gasteiger partial charge in [-0.3, -0.25) is 9.69 Å². The van der Waals surface area contributed by atoms with Crippen LogP contribution in [-0.2, 0) is 4.79 Å². The predicted octanol–water partition coefficient (Wildman–Crippen LogP) is -0.574. The van der Waals surface area contributed by atoms with Crippen LogP contribution >= 0.6 is 0 Å². The number of piperazine rings is 1. The van der Waals surface area contributed by atoms with E-state index in [-0.39, 0.29) is 0 Å². The summed E-state index contributed by atoms with van der Waals surface area (Å²) < 4.78 is 0. The molecule has 3 N–H and O–H groups in total. The van der Waals surface area contributed by atoms with Crippen LogP contribution in [0.5, 0.6) is 0 Å². The molecule has 0 aromatic rings. The number of nitrogens with zero attached hydrogens (tertiary/aromatic N) is 2. The van der Waals surface area contributed by atoms with E-state index in [2.05, 4.69) is 11.8 Å². The summed E-state index contributed by atoms with van der Waals surface area (Å²) in [6, 6.07) is -0.394. The second kappa shape index (κ2) is 6.05. The average molecular weight is 215 g/mol. The molecule has 1 unspecified atom stereocenters. The van der Waals surface area contributed by atoms with Crippen molar-refractivity contribution in [3.8, 4) is 0 Å². The van der Waals surface area contributed by atoms with E-state index < -0.39 is 12.0 Å². The van der Waals surface area contributed by atoms with Crippen molar-refractivity contribution >= 4 is 5.97 Å². The van der Waals surface area contributed by atoms with E-state index in [0.717, 1.165) is 32.7 Å². The van der Waals surface area contributed by atoms with Gasteiger partial charge in [0.2, 0.25) is 0 Å². The van der Waals surface area contributed by atoms with Crippen molar-refractivity contribution in [2.45, 2.75) is 19.4 Å². The quantitative estimate of drug-likeness (QED) is 0.642. The number of nitrogens with two attached hydrogens (primary N) is 1. The Morgan fingerprint density at radius 3 is 2.40 bits per heavy atom. The van der Waals surface area contributed by atoms with Crippen LogP contribution in [0.2, 0.25) is 0 Å². The first kappa shape index (κ1) is 12.4. The summed E-state index contributed by atoms with van der Waals surface area (Å²) in [4.78, 5) is 15.4. The Bertz CT molecular complexity index is 203. The lowest BCUT2D eigenvalue weighted by atomic mass is 10.1. The summed E-state index contributed by atoms with van der Waals surface area (Å²) in [5.41, 5.74) is 5.43.